The second kappa shape index (κ2) is 7.73. The topological polar surface area (TPSA) is 93.2 Å². The van der Waals surface area contributed by atoms with Gasteiger partial charge in [-0.25, -0.2) is 8.42 Å². The van der Waals surface area contributed by atoms with Gasteiger partial charge in [-0.15, -0.1) is 0 Å². The summed E-state index contributed by atoms with van der Waals surface area (Å²) in [4.78, 5) is 26.2. The van der Waals surface area contributed by atoms with Crippen molar-refractivity contribution in [1.82, 2.24) is 9.21 Å². The fourth-order valence-electron chi connectivity index (χ4n) is 3.18. The van der Waals surface area contributed by atoms with Crippen LogP contribution in [0.5, 0.6) is 0 Å². The van der Waals surface area contributed by atoms with Crippen LogP contribution in [0, 0.1) is 0 Å². The number of morpholine rings is 1. The van der Waals surface area contributed by atoms with Gasteiger partial charge in [0, 0.05) is 26.1 Å². The van der Waals surface area contributed by atoms with E-state index in [9.17, 15) is 18.0 Å². The molecule has 0 spiro atoms. The van der Waals surface area contributed by atoms with Crippen molar-refractivity contribution in [2.75, 3.05) is 39.2 Å². The Morgan fingerprint density at radius 1 is 1.19 bits per heavy atom. The van der Waals surface area contributed by atoms with E-state index in [1.165, 1.54) is 0 Å². The molecule has 0 aliphatic carbocycles. The average Bonchev–Trinajstić information content (AvgIpc) is 2.64. The largest absolute Gasteiger partial charge is 0.454 e. The Balaban J connectivity index is 1.69. The highest BCUT2D eigenvalue weighted by atomic mass is 32.2. The monoisotopic (exact) mass is 382 g/mol. The Kier molecular flexibility index (Phi) is 5.59. The molecule has 1 aromatic rings. The molecular formula is C17H22N2O6S. The van der Waals surface area contributed by atoms with E-state index < -0.39 is 28.6 Å². The standard InChI is InChI=1S/C17H22N2O6S/c1-26(22,23)19-11-14-5-3-2-4-13(14)10-15(19)17(21)25-12-16(20)18-6-8-24-9-7-18/h2-5,15H,6-12H2,1H3/t15-/m0/s1. The zero-order valence-corrected chi connectivity index (χ0v) is 15.4. The van der Waals surface area contributed by atoms with Gasteiger partial charge >= 0.3 is 5.97 Å². The first-order valence-corrected chi connectivity index (χ1v) is 10.3. The number of carbonyl (C=O) groups is 2. The number of ether oxygens (including phenoxy) is 2. The maximum Gasteiger partial charge on any atom is 0.325 e. The molecule has 142 valence electrons. The Morgan fingerprint density at radius 3 is 2.50 bits per heavy atom. The predicted molar refractivity (Wildman–Crippen MR) is 92.7 cm³/mol. The second-order valence-electron chi connectivity index (χ2n) is 6.40. The molecule has 9 heteroatoms. The zero-order valence-electron chi connectivity index (χ0n) is 14.6. The van der Waals surface area contributed by atoms with Crippen LogP contribution in [0.1, 0.15) is 11.1 Å². The third-order valence-corrected chi connectivity index (χ3v) is 5.84. The van der Waals surface area contributed by atoms with Crippen LogP contribution in [0.4, 0.5) is 0 Å². The third-order valence-electron chi connectivity index (χ3n) is 4.61. The number of sulfonamides is 1. The molecule has 0 aromatic heterocycles. The number of carbonyl (C=O) groups excluding carboxylic acids is 2. The average molecular weight is 382 g/mol. The van der Waals surface area contributed by atoms with E-state index in [4.69, 9.17) is 9.47 Å². The summed E-state index contributed by atoms with van der Waals surface area (Å²) < 4.78 is 35.7. The minimum absolute atomic E-state index is 0.117. The lowest BCUT2D eigenvalue weighted by atomic mass is 9.96. The molecule has 0 N–H and O–H groups in total. The lowest BCUT2D eigenvalue weighted by Crippen LogP contribution is -2.49. The van der Waals surface area contributed by atoms with E-state index in [2.05, 4.69) is 0 Å². The summed E-state index contributed by atoms with van der Waals surface area (Å²) in [5.41, 5.74) is 1.78. The fourth-order valence-corrected chi connectivity index (χ4v) is 4.18. The molecule has 8 nitrogen and oxygen atoms in total. The number of hydrogen-bond acceptors (Lipinski definition) is 6. The van der Waals surface area contributed by atoms with Gasteiger partial charge in [0.25, 0.3) is 5.91 Å². The lowest BCUT2D eigenvalue weighted by molar-refractivity contribution is -0.156. The smallest absolute Gasteiger partial charge is 0.325 e. The molecule has 1 amide bonds. The Labute approximate surface area is 152 Å². The van der Waals surface area contributed by atoms with Gasteiger partial charge < -0.3 is 14.4 Å². The zero-order chi connectivity index (χ0) is 18.7. The summed E-state index contributed by atoms with van der Waals surface area (Å²) >= 11 is 0. The van der Waals surface area contributed by atoms with Crippen LogP contribution in [0.15, 0.2) is 24.3 Å². The number of hydrogen-bond donors (Lipinski definition) is 0. The van der Waals surface area contributed by atoms with Gasteiger partial charge in [0.15, 0.2) is 6.61 Å². The van der Waals surface area contributed by atoms with Crippen molar-refractivity contribution in [1.29, 1.82) is 0 Å². The van der Waals surface area contributed by atoms with Gasteiger partial charge in [0.2, 0.25) is 10.0 Å². The van der Waals surface area contributed by atoms with Gasteiger partial charge in [-0.3, -0.25) is 9.59 Å². The van der Waals surface area contributed by atoms with E-state index in [0.29, 0.717) is 26.3 Å². The molecule has 1 fully saturated rings. The van der Waals surface area contributed by atoms with Gasteiger partial charge in [0.05, 0.1) is 19.5 Å². The van der Waals surface area contributed by atoms with Crippen LogP contribution in [0.25, 0.3) is 0 Å². The summed E-state index contributed by atoms with van der Waals surface area (Å²) in [6.07, 6.45) is 1.30. The molecule has 26 heavy (non-hydrogen) atoms. The maximum atomic E-state index is 12.5. The Bertz CT molecular complexity index is 788. The molecular weight excluding hydrogens is 360 g/mol. The van der Waals surface area contributed by atoms with Gasteiger partial charge in [-0.05, 0) is 11.1 Å². The maximum absolute atomic E-state index is 12.5. The molecule has 3 rings (SSSR count). The highest BCUT2D eigenvalue weighted by molar-refractivity contribution is 7.88. The van der Waals surface area contributed by atoms with E-state index in [0.717, 1.165) is 21.7 Å². The Hall–Kier alpha value is -1.97. The number of benzene rings is 1. The molecule has 0 bridgehead atoms. The van der Waals surface area contributed by atoms with Crippen molar-refractivity contribution in [3.05, 3.63) is 35.4 Å². The minimum Gasteiger partial charge on any atom is -0.454 e. The number of esters is 1. The quantitative estimate of drug-likeness (QED) is 0.668. The van der Waals surface area contributed by atoms with Crippen molar-refractivity contribution < 1.29 is 27.5 Å². The normalized spacial score (nSPS) is 21.1. The molecule has 1 aromatic carbocycles. The minimum atomic E-state index is -3.60. The summed E-state index contributed by atoms with van der Waals surface area (Å²) in [6.45, 7) is 1.56. The van der Waals surface area contributed by atoms with Crippen LogP contribution in [-0.4, -0.2) is 74.7 Å². The molecule has 1 atom stereocenters. The first-order valence-electron chi connectivity index (χ1n) is 8.42. The highest BCUT2D eigenvalue weighted by Crippen LogP contribution is 2.26. The highest BCUT2D eigenvalue weighted by Gasteiger charge is 2.38. The van der Waals surface area contributed by atoms with Gasteiger partial charge in [-0.1, -0.05) is 24.3 Å². The van der Waals surface area contributed by atoms with E-state index in [-0.39, 0.29) is 18.9 Å². The number of fused-ring (bicyclic) bond motifs is 1. The predicted octanol–water partition coefficient (Wildman–Crippen LogP) is -0.225. The van der Waals surface area contributed by atoms with Crippen LogP contribution in [0.2, 0.25) is 0 Å². The van der Waals surface area contributed by atoms with Crippen molar-refractivity contribution in [2.45, 2.75) is 19.0 Å². The van der Waals surface area contributed by atoms with E-state index in [1.807, 2.05) is 24.3 Å². The van der Waals surface area contributed by atoms with Crippen LogP contribution >= 0.6 is 0 Å². The van der Waals surface area contributed by atoms with Crippen LogP contribution in [0.3, 0.4) is 0 Å². The van der Waals surface area contributed by atoms with Crippen LogP contribution in [-0.2, 0) is 42.1 Å². The first-order chi connectivity index (χ1) is 12.4. The second-order valence-corrected chi connectivity index (χ2v) is 8.33. The molecule has 1 saturated heterocycles. The summed E-state index contributed by atoms with van der Waals surface area (Å²) in [5.74, 6) is -1.00. The summed E-state index contributed by atoms with van der Waals surface area (Å²) in [5, 5.41) is 0. The molecule has 0 unspecified atom stereocenters. The number of nitrogens with zero attached hydrogens (tertiary/aromatic N) is 2. The van der Waals surface area contributed by atoms with E-state index in [1.54, 1.807) is 4.90 Å². The lowest BCUT2D eigenvalue weighted by Gasteiger charge is -2.33. The van der Waals surface area contributed by atoms with Crippen molar-refractivity contribution in [3.8, 4) is 0 Å². The number of rotatable bonds is 4. The SMILES string of the molecule is CS(=O)(=O)N1Cc2ccccc2C[C@H]1C(=O)OCC(=O)N1CCOCC1. The summed E-state index contributed by atoms with van der Waals surface area (Å²) in [7, 11) is -3.60. The van der Waals surface area contributed by atoms with Gasteiger partial charge in [-0.2, -0.15) is 4.31 Å². The Morgan fingerprint density at radius 2 is 1.85 bits per heavy atom. The van der Waals surface area contributed by atoms with Crippen LogP contribution < -0.4 is 0 Å². The van der Waals surface area contributed by atoms with Gasteiger partial charge in [0.1, 0.15) is 6.04 Å². The summed E-state index contributed by atoms with van der Waals surface area (Å²) in [6, 6.07) is 6.43. The molecule has 2 aliphatic heterocycles. The molecule has 2 heterocycles. The molecule has 0 saturated carbocycles. The number of amides is 1. The van der Waals surface area contributed by atoms with Crippen molar-refractivity contribution >= 4 is 21.9 Å². The third kappa shape index (κ3) is 4.22. The molecule has 2 aliphatic rings. The molecule has 0 radical (unpaired) electrons. The van der Waals surface area contributed by atoms with Crippen molar-refractivity contribution in [2.24, 2.45) is 0 Å². The fraction of sp³-hybridized carbons (Fsp3) is 0.529. The van der Waals surface area contributed by atoms with E-state index >= 15 is 0 Å². The van der Waals surface area contributed by atoms with Crippen molar-refractivity contribution in [3.63, 3.8) is 0 Å². The first kappa shape index (κ1) is 18.8.